The molecule has 142 valence electrons. The highest BCUT2D eigenvalue weighted by molar-refractivity contribution is 7.90. The summed E-state index contributed by atoms with van der Waals surface area (Å²) in [4.78, 5) is 15.5. The quantitative estimate of drug-likeness (QED) is 0.750. The molecule has 0 N–H and O–H groups in total. The first kappa shape index (κ1) is 17.8. The number of nitrogens with zero attached hydrogens (tertiary/aromatic N) is 2. The van der Waals surface area contributed by atoms with Crippen LogP contribution in [0.4, 0.5) is 0 Å². The standard InChI is InChI=1S/C19H32N2O3S/c22-19(15-13-20(14-15)25(23,24)18-11-12-18)21(16-7-3-1-4-8-16)17-9-5-2-6-10-17/h15-18H,1-14H2. The fraction of sp³-hybridized carbons (Fsp3) is 0.947. The van der Waals surface area contributed by atoms with E-state index < -0.39 is 10.0 Å². The second-order valence-electron chi connectivity index (χ2n) is 8.59. The van der Waals surface area contributed by atoms with Crippen LogP contribution in [-0.4, -0.2) is 54.0 Å². The largest absolute Gasteiger partial charge is 0.336 e. The van der Waals surface area contributed by atoms with Crippen molar-refractivity contribution in [2.24, 2.45) is 5.92 Å². The second-order valence-corrected chi connectivity index (χ2v) is 10.8. The van der Waals surface area contributed by atoms with E-state index in [2.05, 4.69) is 4.90 Å². The predicted octanol–water partition coefficient (Wildman–Crippen LogP) is 2.90. The first-order chi connectivity index (χ1) is 12.1. The molecule has 3 aliphatic carbocycles. The summed E-state index contributed by atoms with van der Waals surface area (Å²) in [6.45, 7) is 0.848. The maximum atomic E-state index is 13.3. The summed E-state index contributed by atoms with van der Waals surface area (Å²) in [5.41, 5.74) is 0. The molecule has 0 atom stereocenters. The van der Waals surface area contributed by atoms with Crippen LogP contribution >= 0.6 is 0 Å². The molecule has 1 saturated heterocycles. The van der Waals surface area contributed by atoms with Crippen LogP contribution < -0.4 is 0 Å². The maximum absolute atomic E-state index is 13.3. The van der Waals surface area contributed by atoms with Gasteiger partial charge in [0.2, 0.25) is 15.9 Å². The van der Waals surface area contributed by atoms with Gasteiger partial charge in [-0.25, -0.2) is 8.42 Å². The van der Waals surface area contributed by atoms with Gasteiger partial charge in [-0.1, -0.05) is 38.5 Å². The normalized spacial score (nSPS) is 27.8. The minimum atomic E-state index is -3.11. The van der Waals surface area contributed by atoms with Crippen LogP contribution in [0.5, 0.6) is 0 Å². The third-order valence-corrected chi connectivity index (χ3v) is 9.03. The Balaban J connectivity index is 1.42. The van der Waals surface area contributed by atoms with Gasteiger partial charge in [0.15, 0.2) is 0 Å². The number of carbonyl (C=O) groups excluding carboxylic acids is 1. The zero-order valence-corrected chi connectivity index (χ0v) is 16.1. The van der Waals surface area contributed by atoms with Crippen molar-refractivity contribution in [2.45, 2.75) is 94.4 Å². The molecular weight excluding hydrogens is 336 g/mol. The summed E-state index contributed by atoms with van der Waals surface area (Å²) in [5, 5.41) is -0.156. The van der Waals surface area contributed by atoms with Crippen LogP contribution in [-0.2, 0) is 14.8 Å². The van der Waals surface area contributed by atoms with E-state index in [-0.39, 0.29) is 17.1 Å². The highest BCUT2D eigenvalue weighted by Crippen LogP contribution is 2.37. The first-order valence-electron chi connectivity index (χ1n) is 10.4. The summed E-state index contributed by atoms with van der Waals surface area (Å²) in [5.74, 6) is 0.151. The molecule has 0 aromatic heterocycles. The summed E-state index contributed by atoms with van der Waals surface area (Å²) < 4.78 is 26.2. The van der Waals surface area contributed by atoms with Crippen molar-refractivity contribution in [3.05, 3.63) is 0 Å². The summed E-state index contributed by atoms with van der Waals surface area (Å²) >= 11 is 0. The van der Waals surface area contributed by atoms with Crippen molar-refractivity contribution in [1.29, 1.82) is 0 Å². The fourth-order valence-corrected chi connectivity index (χ4v) is 6.89. The van der Waals surface area contributed by atoms with Gasteiger partial charge in [-0.2, -0.15) is 4.31 Å². The molecule has 1 amide bonds. The van der Waals surface area contributed by atoms with Crippen LogP contribution in [0.25, 0.3) is 0 Å². The van der Waals surface area contributed by atoms with E-state index in [1.165, 1.54) is 38.5 Å². The molecule has 0 radical (unpaired) electrons. The minimum absolute atomic E-state index is 0.0996. The van der Waals surface area contributed by atoms with E-state index in [1.54, 1.807) is 4.31 Å². The van der Waals surface area contributed by atoms with Gasteiger partial charge < -0.3 is 4.90 Å². The molecule has 0 aromatic carbocycles. The van der Waals surface area contributed by atoms with Gasteiger partial charge in [-0.05, 0) is 38.5 Å². The first-order valence-corrected chi connectivity index (χ1v) is 11.9. The van der Waals surface area contributed by atoms with Gasteiger partial charge in [0.05, 0.1) is 11.2 Å². The number of amides is 1. The number of sulfonamides is 1. The van der Waals surface area contributed by atoms with Gasteiger partial charge in [0.1, 0.15) is 0 Å². The molecule has 5 nitrogen and oxygen atoms in total. The molecule has 0 unspecified atom stereocenters. The van der Waals surface area contributed by atoms with Crippen molar-refractivity contribution in [3.63, 3.8) is 0 Å². The predicted molar refractivity (Wildman–Crippen MR) is 97.6 cm³/mol. The molecule has 1 aliphatic heterocycles. The Morgan fingerprint density at radius 1 is 0.760 bits per heavy atom. The number of rotatable bonds is 5. The molecule has 25 heavy (non-hydrogen) atoms. The molecule has 3 saturated carbocycles. The van der Waals surface area contributed by atoms with E-state index in [1.807, 2.05) is 0 Å². The van der Waals surface area contributed by atoms with Crippen molar-refractivity contribution in [2.75, 3.05) is 13.1 Å². The molecule has 0 aromatic rings. The zero-order valence-electron chi connectivity index (χ0n) is 15.2. The third kappa shape index (κ3) is 3.61. The van der Waals surface area contributed by atoms with Gasteiger partial charge in [0.25, 0.3) is 0 Å². The minimum Gasteiger partial charge on any atom is -0.336 e. The van der Waals surface area contributed by atoms with E-state index in [4.69, 9.17) is 0 Å². The van der Waals surface area contributed by atoms with Gasteiger partial charge in [-0.15, -0.1) is 0 Å². The lowest BCUT2D eigenvalue weighted by molar-refractivity contribution is -0.146. The average Bonchev–Trinajstić information content (AvgIpc) is 3.41. The molecule has 0 spiro atoms. The lowest BCUT2D eigenvalue weighted by Gasteiger charge is -2.46. The molecule has 1 heterocycles. The van der Waals surface area contributed by atoms with Crippen molar-refractivity contribution in [1.82, 2.24) is 9.21 Å². The van der Waals surface area contributed by atoms with E-state index in [9.17, 15) is 13.2 Å². The second kappa shape index (κ2) is 7.18. The topological polar surface area (TPSA) is 57.7 Å². The summed E-state index contributed by atoms with van der Waals surface area (Å²) in [6.07, 6.45) is 13.7. The molecule has 4 aliphatic rings. The van der Waals surface area contributed by atoms with Crippen molar-refractivity contribution < 1.29 is 13.2 Å². The Morgan fingerprint density at radius 2 is 1.24 bits per heavy atom. The average molecular weight is 369 g/mol. The summed E-state index contributed by atoms with van der Waals surface area (Å²) in [7, 11) is -3.11. The molecule has 0 bridgehead atoms. The number of carbonyl (C=O) groups is 1. The van der Waals surface area contributed by atoms with E-state index in [0.717, 1.165) is 38.5 Å². The highest BCUT2D eigenvalue weighted by Gasteiger charge is 2.48. The van der Waals surface area contributed by atoms with Crippen LogP contribution in [0.1, 0.15) is 77.0 Å². The van der Waals surface area contributed by atoms with Crippen molar-refractivity contribution >= 4 is 15.9 Å². The lowest BCUT2D eigenvalue weighted by atomic mass is 9.87. The Bertz CT molecular complexity index is 566. The van der Waals surface area contributed by atoms with Gasteiger partial charge in [0, 0.05) is 25.2 Å². The molecule has 4 rings (SSSR count). The smallest absolute Gasteiger partial charge is 0.228 e. The zero-order chi connectivity index (χ0) is 17.4. The molecule has 4 fully saturated rings. The van der Waals surface area contributed by atoms with Gasteiger partial charge >= 0.3 is 0 Å². The van der Waals surface area contributed by atoms with E-state index in [0.29, 0.717) is 25.2 Å². The molecule has 6 heteroatoms. The Morgan fingerprint density at radius 3 is 1.68 bits per heavy atom. The monoisotopic (exact) mass is 368 g/mol. The summed E-state index contributed by atoms with van der Waals surface area (Å²) in [6, 6.07) is 0.803. The number of hydrogen-bond acceptors (Lipinski definition) is 3. The Labute approximate surface area is 152 Å². The third-order valence-electron chi connectivity index (χ3n) is 6.69. The fourth-order valence-electron chi connectivity index (χ4n) is 4.97. The van der Waals surface area contributed by atoms with Crippen molar-refractivity contribution in [3.8, 4) is 0 Å². The SMILES string of the molecule is O=C(C1CN(S(=O)(=O)C2CC2)C1)N(C1CCCCC1)C1CCCCC1. The van der Waals surface area contributed by atoms with Crippen LogP contribution in [0, 0.1) is 5.92 Å². The van der Waals surface area contributed by atoms with Gasteiger partial charge in [-0.3, -0.25) is 4.79 Å². The lowest BCUT2D eigenvalue weighted by Crippen LogP contribution is -2.60. The van der Waals surface area contributed by atoms with Crippen LogP contribution in [0.2, 0.25) is 0 Å². The van der Waals surface area contributed by atoms with E-state index >= 15 is 0 Å². The highest BCUT2D eigenvalue weighted by atomic mass is 32.2. The van der Waals surface area contributed by atoms with Crippen LogP contribution in [0.15, 0.2) is 0 Å². The Hall–Kier alpha value is -0.620. The molecular formula is C19H32N2O3S. The Kier molecular flexibility index (Phi) is 5.11. The van der Waals surface area contributed by atoms with Crippen LogP contribution in [0.3, 0.4) is 0 Å². The number of hydrogen-bond donors (Lipinski definition) is 0. The maximum Gasteiger partial charge on any atom is 0.228 e.